The Bertz CT molecular complexity index is 736. The van der Waals surface area contributed by atoms with Gasteiger partial charge in [-0.15, -0.1) is 0 Å². The molecule has 124 valence electrons. The fraction of sp³-hybridized carbons (Fsp3) is 0.588. The number of aromatic nitrogens is 1. The van der Waals surface area contributed by atoms with E-state index in [9.17, 15) is 14.4 Å². The van der Waals surface area contributed by atoms with Crippen molar-refractivity contribution in [1.82, 2.24) is 9.47 Å². The van der Waals surface area contributed by atoms with Crippen LogP contribution in [0.25, 0.3) is 0 Å². The Morgan fingerprint density at radius 3 is 2.57 bits per heavy atom. The maximum atomic E-state index is 12.8. The summed E-state index contributed by atoms with van der Waals surface area (Å²) >= 11 is 0. The van der Waals surface area contributed by atoms with E-state index in [1.165, 1.54) is 17.7 Å². The van der Waals surface area contributed by atoms with Crippen molar-refractivity contribution >= 4 is 11.9 Å². The van der Waals surface area contributed by atoms with Crippen molar-refractivity contribution in [2.45, 2.75) is 20.3 Å². The van der Waals surface area contributed by atoms with Crippen molar-refractivity contribution in [2.24, 2.45) is 23.8 Å². The van der Waals surface area contributed by atoms with Crippen LogP contribution in [0.1, 0.15) is 30.6 Å². The molecule has 2 aliphatic rings. The van der Waals surface area contributed by atoms with E-state index >= 15 is 0 Å². The lowest BCUT2D eigenvalue weighted by Gasteiger charge is -2.54. The first-order valence-corrected chi connectivity index (χ1v) is 7.76. The first kappa shape index (κ1) is 15.8. The SMILES string of the molecule is COC(=O)[C@@]12CN(C(=O)c3ccc(=O)n(C)c3)C[C@@H]1C(C)(C)C2. The Morgan fingerprint density at radius 1 is 1.30 bits per heavy atom. The molecule has 2 fully saturated rings. The summed E-state index contributed by atoms with van der Waals surface area (Å²) in [5.41, 5.74) is -0.247. The van der Waals surface area contributed by atoms with E-state index in [2.05, 4.69) is 13.8 Å². The number of likely N-dealkylation sites (tertiary alicyclic amines) is 1. The summed E-state index contributed by atoms with van der Waals surface area (Å²) in [5, 5.41) is 0. The van der Waals surface area contributed by atoms with Gasteiger partial charge in [-0.05, 0) is 23.8 Å². The molecule has 2 heterocycles. The van der Waals surface area contributed by atoms with Gasteiger partial charge in [-0.25, -0.2) is 0 Å². The zero-order valence-corrected chi connectivity index (χ0v) is 14.0. The molecule has 0 spiro atoms. The molecule has 0 aromatic carbocycles. The van der Waals surface area contributed by atoms with Crippen LogP contribution in [0, 0.1) is 16.7 Å². The maximum absolute atomic E-state index is 12.8. The van der Waals surface area contributed by atoms with E-state index in [1.807, 2.05) is 0 Å². The van der Waals surface area contributed by atoms with Gasteiger partial charge in [0.25, 0.3) is 5.91 Å². The maximum Gasteiger partial charge on any atom is 0.314 e. The fourth-order valence-corrected chi connectivity index (χ4v) is 4.43. The summed E-state index contributed by atoms with van der Waals surface area (Å²) in [5.74, 6) is -0.259. The van der Waals surface area contributed by atoms with Crippen LogP contribution in [-0.2, 0) is 16.6 Å². The highest BCUT2D eigenvalue weighted by Crippen LogP contribution is 2.63. The molecule has 1 aliphatic heterocycles. The molecule has 1 saturated carbocycles. The molecule has 0 unspecified atom stereocenters. The number of hydrogen-bond donors (Lipinski definition) is 0. The number of fused-ring (bicyclic) bond motifs is 1. The van der Waals surface area contributed by atoms with Crippen molar-refractivity contribution in [3.05, 3.63) is 34.2 Å². The van der Waals surface area contributed by atoms with E-state index in [1.54, 1.807) is 24.2 Å². The number of carbonyl (C=O) groups is 2. The third kappa shape index (κ3) is 2.19. The highest BCUT2D eigenvalue weighted by atomic mass is 16.5. The summed E-state index contributed by atoms with van der Waals surface area (Å²) in [7, 11) is 3.02. The van der Waals surface area contributed by atoms with Crippen LogP contribution in [0.5, 0.6) is 0 Å². The minimum atomic E-state index is -0.575. The van der Waals surface area contributed by atoms with Crippen molar-refractivity contribution in [2.75, 3.05) is 20.2 Å². The lowest BCUT2D eigenvalue weighted by Crippen LogP contribution is -2.57. The van der Waals surface area contributed by atoms with Crippen LogP contribution in [-0.4, -0.2) is 41.5 Å². The summed E-state index contributed by atoms with van der Waals surface area (Å²) in [6, 6.07) is 2.93. The molecule has 1 saturated heterocycles. The minimum absolute atomic E-state index is 0.0206. The highest BCUT2D eigenvalue weighted by Gasteiger charge is 2.68. The third-order valence-electron chi connectivity index (χ3n) is 5.47. The number of aryl methyl sites for hydroxylation is 1. The molecule has 2 atom stereocenters. The Hall–Kier alpha value is -2.11. The van der Waals surface area contributed by atoms with Crippen LogP contribution in [0.2, 0.25) is 0 Å². The van der Waals surface area contributed by atoms with Crippen molar-refractivity contribution in [1.29, 1.82) is 0 Å². The highest BCUT2D eigenvalue weighted by molar-refractivity contribution is 5.95. The topological polar surface area (TPSA) is 68.6 Å². The van der Waals surface area contributed by atoms with Crippen LogP contribution in [0.15, 0.2) is 23.1 Å². The standard InChI is InChI=1S/C17H22N2O4/c1-16(2)9-17(15(22)23-4)10-19(8-12(16)17)14(21)11-5-6-13(20)18(3)7-11/h5-7,12H,8-10H2,1-4H3/t12-,17+/m1/s1. The summed E-state index contributed by atoms with van der Waals surface area (Å²) in [4.78, 5) is 38.2. The van der Waals surface area contributed by atoms with Gasteiger partial charge in [0.15, 0.2) is 0 Å². The fourth-order valence-electron chi connectivity index (χ4n) is 4.43. The Morgan fingerprint density at radius 2 is 2.00 bits per heavy atom. The average Bonchev–Trinajstić information content (AvgIpc) is 2.84. The first-order chi connectivity index (χ1) is 10.7. The summed E-state index contributed by atoms with van der Waals surface area (Å²) < 4.78 is 6.39. The number of carbonyl (C=O) groups excluding carboxylic acids is 2. The Labute approximate surface area is 135 Å². The first-order valence-electron chi connectivity index (χ1n) is 7.76. The van der Waals surface area contributed by atoms with Gasteiger partial charge in [-0.1, -0.05) is 13.8 Å². The molecule has 1 aliphatic carbocycles. The Balaban J connectivity index is 1.88. The predicted molar refractivity (Wildman–Crippen MR) is 83.9 cm³/mol. The van der Waals surface area contributed by atoms with Crippen LogP contribution in [0.3, 0.4) is 0 Å². The third-order valence-corrected chi connectivity index (χ3v) is 5.47. The van der Waals surface area contributed by atoms with E-state index in [0.717, 1.165) is 6.42 Å². The molecule has 0 N–H and O–H groups in total. The molecule has 0 radical (unpaired) electrons. The average molecular weight is 318 g/mol. The van der Waals surface area contributed by atoms with Gasteiger partial charge >= 0.3 is 5.97 Å². The zero-order valence-electron chi connectivity index (χ0n) is 14.0. The van der Waals surface area contributed by atoms with Gasteiger partial charge in [0.1, 0.15) is 0 Å². The molecule has 3 rings (SSSR count). The van der Waals surface area contributed by atoms with E-state index in [0.29, 0.717) is 18.7 Å². The van der Waals surface area contributed by atoms with E-state index < -0.39 is 5.41 Å². The second-order valence-corrected chi connectivity index (χ2v) is 7.42. The van der Waals surface area contributed by atoms with E-state index in [-0.39, 0.29) is 28.8 Å². The van der Waals surface area contributed by atoms with Gasteiger partial charge in [-0.2, -0.15) is 0 Å². The monoisotopic (exact) mass is 318 g/mol. The van der Waals surface area contributed by atoms with Gasteiger partial charge in [0.2, 0.25) is 5.56 Å². The van der Waals surface area contributed by atoms with Crippen molar-refractivity contribution in [3.63, 3.8) is 0 Å². The number of rotatable bonds is 2. The van der Waals surface area contributed by atoms with Crippen molar-refractivity contribution in [3.8, 4) is 0 Å². The van der Waals surface area contributed by atoms with Gasteiger partial charge in [-0.3, -0.25) is 14.4 Å². The second kappa shape index (κ2) is 4.94. The summed E-state index contributed by atoms with van der Waals surface area (Å²) in [6.07, 6.45) is 2.27. The van der Waals surface area contributed by atoms with Gasteiger partial charge < -0.3 is 14.2 Å². The number of pyridine rings is 1. The molecule has 6 nitrogen and oxygen atoms in total. The number of methoxy groups -OCH3 is 1. The van der Waals surface area contributed by atoms with Crippen LogP contribution < -0.4 is 5.56 Å². The number of ether oxygens (including phenoxy) is 1. The molecular weight excluding hydrogens is 296 g/mol. The molecular formula is C17H22N2O4. The molecule has 0 bridgehead atoms. The molecule has 1 aromatic heterocycles. The number of nitrogens with zero attached hydrogens (tertiary/aromatic N) is 2. The van der Waals surface area contributed by atoms with Crippen molar-refractivity contribution < 1.29 is 14.3 Å². The Kier molecular flexibility index (Phi) is 3.39. The lowest BCUT2D eigenvalue weighted by atomic mass is 9.48. The minimum Gasteiger partial charge on any atom is -0.469 e. The predicted octanol–water partition coefficient (Wildman–Crippen LogP) is 1.05. The van der Waals surface area contributed by atoms with Gasteiger partial charge in [0, 0.05) is 32.4 Å². The lowest BCUT2D eigenvalue weighted by molar-refractivity contribution is -0.174. The number of amides is 1. The van der Waals surface area contributed by atoms with E-state index in [4.69, 9.17) is 4.74 Å². The molecule has 1 aromatic rings. The smallest absolute Gasteiger partial charge is 0.314 e. The zero-order chi connectivity index (χ0) is 17.0. The molecule has 23 heavy (non-hydrogen) atoms. The second-order valence-electron chi connectivity index (χ2n) is 7.42. The van der Waals surface area contributed by atoms with Gasteiger partial charge in [0.05, 0.1) is 18.1 Å². The van der Waals surface area contributed by atoms with Crippen LogP contribution in [0.4, 0.5) is 0 Å². The quantitative estimate of drug-likeness (QED) is 0.764. The molecule has 1 amide bonds. The molecule has 6 heteroatoms. The van der Waals surface area contributed by atoms with Crippen LogP contribution >= 0.6 is 0 Å². The normalized spacial score (nSPS) is 28.0. The number of hydrogen-bond acceptors (Lipinski definition) is 4. The largest absolute Gasteiger partial charge is 0.469 e. The summed E-state index contributed by atoms with van der Waals surface area (Å²) in [6.45, 7) is 5.18. The number of esters is 1.